The van der Waals surface area contributed by atoms with Gasteiger partial charge in [-0.1, -0.05) is 44.2 Å². The molecule has 1 atom stereocenters. The summed E-state index contributed by atoms with van der Waals surface area (Å²) in [6.45, 7) is 4.21. The van der Waals surface area contributed by atoms with Gasteiger partial charge in [0.2, 0.25) is 0 Å². The Bertz CT molecular complexity index is 305. The third-order valence-corrected chi connectivity index (χ3v) is 3.35. The van der Waals surface area contributed by atoms with Gasteiger partial charge in [0.15, 0.2) is 0 Å². The third kappa shape index (κ3) is 6.54. The van der Waals surface area contributed by atoms with Crippen LogP contribution in [-0.2, 0) is 22.9 Å². The average molecular weight is 472 g/mol. The molecule has 1 rings (SSSR count). The summed E-state index contributed by atoms with van der Waals surface area (Å²) in [4.78, 5) is 0. The van der Waals surface area contributed by atoms with E-state index in [2.05, 4.69) is 26.0 Å². The molecule has 1 unspecified atom stereocenters. The fourth-order valence-electron chi connectivity index (χ4n) is 1.85. The van der Waals surface area contributed by atoms with E-state index in [9.17, 15) is 0 Å². The van der Waals surface area contributed by atoms with Gasteiger partial charge in [-0.2, -0.15) is 0 Å². The van der Waals surface area contributed by atoms with Crippen LogP contribution in [0.15, 0.2) is 30.3 Å². The quantitative estimate of drug-likeness (QED) is 0.690. The van der Waals surface area contributed by atoms with Crippen molar-refractivity contribution < 1.29 is 16.5 Å². The van der Waals surface area contributed by atoms with Crippen molar-refractivity contribution in [3.8, 4) is 0 Å². The van der Waals surface area contributed by atoms with Crippen LogP contribution in [0.3, 0.4) is 0 Å². The molecule has 2 nitrogen and oxygen atoms in total. The fourth-order valence-corrected chi connectivity index (χ4v) is 1.85. The Kier molecular flexibility index (Phi) is 10.5. The van der Waals surface area contributed by atoms with E-state index in [-0.39, 0.29) is 11.6 Å². The number of halogens is 2. The predicted octanol–water partition coefficient (Wildman–Crippen LogP) is 3.45. The van der Waals surface area contributed by atoms with E-state index in [1.807, 2.05) is 18.2 Å². The minimum atomic E-state index is -0.472. The molecule has 108 valence electrons. The summed E-state index contributed by atoms with van der Waals surface area (Å²) in [5.41, 5.74) is 13.5. The van der Waals surface area contributed by atoms with Crippen molar-refractivity contribution in [3.63, 3.8) is 0 Å². The molecular weight excluding hydrogens is 450 g/mol. The van der Waals surface area contributed by atoms with Gasteiger partial charge < -0.3 is 11.5 Å². The van der Waals surface area contributed by atoms with Gasteiger partial charge in [-0.15, -0.1) is 0 Å². The maximum atomic E-state index is 6.26. The van der Waals surface area contributed by atoms with Gasteiger partial charge in [-0.25, -0.2) is 0 Å². The standard InChI is InChI=1S/C13H22N2.2ClH.Pt/c1-3-13(15,4-2)12(14)10-11-8-6-5-7-9-11;;;/h5-9,12H,3-4,10,14-15H2,1-2H3;2*1H;/q;;;+2/p-2. The van der Waals surface area contributed by atoms with Crippen molar-refractivity contribution in [2.45, 2.75) is 44.7 Å². The molecule has 0 aliphatic rings. The molecule has 4 N–H and O–H groups in total. The second-order valence-electron chi connectivity index (χ2n) is 4.28. The molecule has 0 saturated heterocycles. The fraction of sp³-hybridized carbons (Fsp3) is 0.538. The SMILES string of the molecule is CCC(N)(CC)C(N)Cc1ccccc1.[Cl][Pt][Cl]. The molecule has 5 heteroatoms. The zero-order chi connectivity index (χ0) is 14.0. The molecule has 0 heterocycles. The van der Waals surface area contributed by atoms with E-state index in [1.165, 1.54) is 5.56 Å². The first-order valence-electron chi connectivity index (χ1n) is 5.94. The molecule has 0 amide bonds. The van der Waals surface area contributed by atoms with E-state index in [1.54, 1.807) is 0 Å². The molecule has 0 radical (unpaired) electrons. The summed E-state index contributed by atoms with van der Waals surface area (Å²) in [5, 5.41) is 0. The Balaban J connectivity index is 0.000000873. The summed E-state index contributed by atoms with van der Waals surface area (Å²) >= 11 is -0.472. The van der Waals surface area contributed by atoms with E-state index in [4.69, 9.17) is 30.3 Å². The number of hydrogen-bond acceptors (Lipinski definition) is 2. The summed E-state index contributed by atoms with van der Waals surface area (Å²) in [7, 11) is 9.75. The van der Waals surface area contributed by atoms with Crippen molar-refractivity contribution in [1.29, 1.82) is 0 Å². The topological polar surface area (TPSA) is 52.0 Å². The summed E-state index contributed by atoms with van der Waals surface area (Å²) in [5.74, 6) is 0. The number of nitrogens with two attached hydrogens (primary N) is 2. The summed E-state index contributed by atoms with van der Waals surface area (Å²) in [6, 6.07) is 10.3. The van der Waals surface area contributed by atoms with Crippen LogP contribution < -0.4 is 11.5 Å². The van der Waals surface area contributed by atoms with Gasteiger partial charge in [0.1, 0.15) is 0 Å². The van der Waals surface area contributed by atoms with Gasteiger partial charge in [0.05, 0.1) is 0 Å². The molecule has 0 spiro atoms. The first-order chi connectivity index (χ1) is 8.53. The van der Waals surface area contributed by atoms with Crippen molar-refractivity contribution in [2.24, 2.45) is 11.5 Å². The first-order valence-corrected chi connectivity index (χ1v) is 11.6. The number of rotatable bonds is 5. The zero-order valence-electron chi connectivity index (χ0n) is 10.8. The van der Waals surface area contributed by atoms with E-state index < -0.39 is 16.5 Å². The third-order valence-electron chi connectivity index (χ3n) is 3.35. The molecule has 0 saturated carbocycles. The van der Waals surface area contributed by atoms with Crippen LogP contribution in [0.4, 0.5) is 0 Å². The second kappa shape index (κ2) is 10.2. The Morgan fingerprint density at radius 3 is 2.00 bits per heavy atom. The van der Waals surface area contributed by atoms with Gasteiger partial charge in [0, 0.05) is 11.6 Å². The number of hydrogen-bond donors (Lipinski definition) is 2. The Morgan fingerprint density at radius 2 is 1.61 bits per heavy atom. The molecule has 0 aliphatic carbocycles. The van der Waals surface area contributed by atoms with E-state index in [0.717, 1.165) is 19.3 Å². The van der Waals surface area contributed by atoms with Gasteiger partial charge in [-0.05, 0) is 24.8 Å². The molecule has 1 aromatic rings. The number of benzene rings is 1. The Morgan fingerprint density at radius 1 is 1.17 bits per heavy atom. The van der Waals surface area contributed by atoms with Crippen LogP contribution in [-0.4, -0.2) is 11.6 Å². The summed E-state index contributed by atoms with van der Waals surface area (Å²) in [6.07, 6.45) is 2.72. The Hall–Kier alpha value is 0.408. The van der Waals surface area contributed by atoms with E-state index >= 15 is 0 Å². The van der Waals surface area contributed by atoms with Crippen molar-refractivity contribution in [2.75, 3.05) is 0 Å². The maximum absolute atomic E-state index is 6.26. The average Bonchev–Trinajstić information content (AvgIpc) is 2.40. The van der Waals surface area contributed by atoms with Crippen LogP contribution in [0.25, 0.3) is 0 Å². The second-order valence-corrected chi connectivity index (χ2v) is 7.56. The normalized spacial score (nSPS) is 12.8. The molecule has 18 heavy (non-hydrogen) atoms. The monoisotopic (exact) mass is 471 g/mol. The van der Waals surface area contributed by atoms with E-state index in [0.29, 0.717) is 0 Å². The molecular formula is C13H22Cl2N2Pt. The Labute approximate surface area is 127 Å². The van der Waals surface area contributed by atoms with Gasteiger partial charge in [-0.3, -0.25) is 0 Å². The van der Waals surface area contributed by atoms with Crippen LogP contribution in [0.5, 0.6) is 0 Å². The molecule has 0 bridgehead atoms. The predicted molar refractivity (Wildman–Crippen MR) is 77.3 cm³/mol. The molecule has 1 aromatic carbocycles. The van der Waals surface area contributed by atoms with Crippen LogP contribution in [0.2, 0.25) is 0 Å². The van der Waals surface area contributed by atoms with Crippen molar-refractivity contribution in [3.05, 3.63) is 35.9 Å². The van der Waals surface area contributed by atoms with Gasteiger partial charge >= 0.3 is 35.3 Å². The minimum absolute atomic E-state index is 0.0369. The van der Waals surface area contributed by atoms with Crippen molar-refractivity contribution >= 4 is 18.8 Å². The van der Waals surface area contributed by atoms with Crippen LogP contribution in [0, 0.1) is 0 Å². The molecule has 0 aliphatic heterocycles. The van der Waals surface area contributed by atoms with Crippen molar-refractivity contribution in [1.82, 2.24) is 0 Å². The molecule has 0 aromatic heterocycles. The molecule has 0 fully saturated rings. The zero-order valence-corrected chi connectivity index (χ0v) is 14.6. The first kappa shape index (κ1) is 18.4. The van der Waals surface area contributed by atoms with Crippen LogP contribution in [0.1, 0.15) is 32.3 Å². The summed E-state index contributed by atoms with van der Waals surface area (Å²) < 4.78 is 0. The van der Waals surface area contributed by atoms with Crippen LogP contribution >= 0.6 is 18.8 Å². The van der Waals surface area contributed by atoms with Gasteiger partial charge in [0.25, 0.3) is 0 Å².